The van der Waals surface area contributed by atoms with Gasteiger partial charge in [-0.15, -0.1) is 0 Å². The van der Waals surface area contributed by atoms with Crippen molar-refractivity contribution in [2.24, 2.45) is 5.73 Å². The Morgan fingerprint density at radius 3 is 2.74 bits per heavy atom. The Morgan fingerprint density at radius 2 is 2.03 bits per heavy atom. The maximum atomic E-state index is 13.7. The van der Waals surface area contributed by atoms with Crippen molar-refractivity contribution in [1.29, 1.82) is 0 Å². The van der Waals surface area contributed by atoms with Crippen molar-refractivity contribution in [2.75, 3.05) is 38.3 Å². The molecule has 0 spiro atoms. The fraction of sp³-hybridized carbons (Fsp3) is 0.360. The van der Waals surface area contributed by atoms with E-state index in [1.165, 1.54) is 23.0 Å². The highest BCUT2D eigenvalue weighted by Gasteiger charge is 2.38. The van der Waals surface area contributed by atoms with Gasteiger partial charge in [0.05, 0.1) is 37.2 Å². The predicted molar refractivity (Wildman–Crippen MR) is 136 cm³/mol. The van der Waals surface area contributed by atoms with E-state index in [9.17, 15) is 22.4 Å². The minimum absolute atomic E-state index is 0.129. The van der Waals surface area contributed by atoms with Crippen LogP contribution < -0.4 is 16.4 Å². The minimum Gasteiger partial charge on any atom is -0.378 e. The number of nitrogens with two attached hydrogens (primary N) is 1. The number of carbonyl (C=O) groups is 1. The van der Waals surface area contributed by atoms with Crippen molar-refractivity contribution >= 4 is 23.1 Å². The number of amides is 1. The summed E-state index contributed by atoms with van der Waals surface area (Å²) in [7, 11) is 0. The van der Waals surface area contributed by atoms with Crippen molar-refractivity contribution in [3.8, 4) is 11.3 Å². The van der Waals surface area contributed by atoms with E-state index in [0.717, 1.165) is 16.4 Å². The molecule has 14 heteroatoms. The summed E-state index contributed by atoms with van der Waals surface area (Å²) in [6, 6.07) is 5.19. The molecule has 0 atom stereocenters. The molecule has 0 unspecified atom stereocenters. The zero-order chi connectivity index (χ0) is 28.0. The number of fused-ring (bicyclic) bond motifs is 1. The lowest BCUT2D eigenvalue weighted by Gasteiger charge is -2.13. The molecule has 0 bridgehead atoms. The van der Waals surface area contributed by atoms with Crippen molar-refractivity contribution in [2.45, 2.75) is 26.1 Å². The number of imidazole rings is 1. The first-order valence-electron chi connectivity index (χ1n) is 12.3. The van der Waals surface area contributed by atoms with Gasteiger partial charge in [0.15, 0.2) is 17.2 Å². The molecule has 4 aromatic rings. The zero-order valence-electron chi connectivity index (χ0n) is 21.1. The maximum absolute atomic E-state index is 13.7. The molecule has 1 amide bonds. The van der Waals surface area contributed by atoms with Crippen LogP contribution in [0.3, 0.4) is 0 Å². The molecule has 0 saturated heterocycles. The first-order chi connectivity index (χ1) is 18.8. The summed E-state index contributed by atoms with van der Waals surface area (Å²) < 4.78 is 61.5. The molecule has 10 nitrogen and oxygen atoms in total. The topological polar surface area (TPSA) is 124 Å². The van der Waals surface area contributed by atoms with Crippen LogP contribution in [0.1, 0.15) is 28.5 Å². The molecule has 0 fully saturated rings. The molecule has 1 aromatic carbocycles. The van der Waals surface area contributed by atoms with Crippen LogP contribution in [0.15, 0.2) is 43.0 Å². The van der Waals surface area contributed by atoms with Gasteiger partial charge in [-0.2, -0.15) is 18.3 Å². The van der Waals surface area contributed by atoms with E-state index in [-0.39, 0.29) is 29.4 Å². The van der Waals surface area contributed by atoms with Crippen molar-refractivity contribution in [3.63, 3.8) is 0 Å². The Kier molecular flexibility index (Phi) is 8.76. The van der Waals surface area contributed by atoms with Crippen LogP contribution in [0, 0.1) is 0 Å². The molecule has 3 heterocycles. The van der Waals surface area contributed by atoms with Gasteiger partial charge in [0.25, 0.3) is 5.91 Å². The largest absolute Gasteiger partial charge is 0.435 e. The Balaban J connectivity index is 1.59. The molecule has 0 saturated carbocycles. The zero-order valence-corrected chi connectivity index (χ0v) is 21.1. The number of alkyl halides is 4. The number of ether oxygens (including phenoxy) is 1. The monoisotopic (exact) mass is 548 g/mol. The Bertz CT molecular complexity index is 1430. The van der Waals surface area contributed by atoms with Gasteiger partial charge in [-0.1, -0.05) is 6.92 Å². The minimum atomic E-state index is -4.74. The lowest BCUT2D eigenvalue weighted by Crippen LogP contribution is -2.28. The van der Waals surface area contributed by atoms with E-state index in [0.29, 0.717) is 49.8 Å². The number of aromatic nitrogens is 5. The second-order valence-electron chi connectivity index (χ2n) is 8.46. The molecule has 0 aliphatic heterocycles. The summed E-state index contributed by atoms with van der Waals surface area (Å²) in [4.78, 5) is 21.2. The number of nitrogens with zero attached hydrogens (tertiary/aromatic N) is 5. The van der Waals surface area contributed by atoms with Crippen LogP contribution in [0.2, 0.25) is 0 Å². The molecule has 3 aromatic heterocycles. The van der Waals surface area contributed by atoms with E-state index >= 15 is 0 Å². The number of aryl methyl sites for hydroxylation is 2. The quantitative estimate of drug-likeness (QED) is 0.183. The highest BCUT2D eigenvalue weighted by molar-refractivity contribution is 5.96. The average Bonchev–Trinajstić information content (AvgIpc) is 3.53. The van der Waals surface area contributed by atoms with Gasteiger partial charge < -0.3 is 21.1 Å². The van der Waals surface area contributed by atoms with E-state index in [4.69, 9.17) is 10.5 Å². The van der Waals surface area contributed by atoms with Gasteiger partial charge in [0.1, 0.15) is 6.67 Å². The van der Waals surface area contributed by atoms with E-state index in [2.05, 4.69) is 25.7 Å². The first-order valence-corrected chi connectivity index (χ1v) is 12.3. The second kappa shape index (κ2) is 12.2. The number of nitrogens with one attached hydrogen (secondary N) is 2. The number of anilines is 2. The van der Waals surface area contributed by atoms with Gasteiger partial charge in [0.2, 0.25) is 0 Å². The molecule has 0 aliphatic carbocycles. The van der Waals surface area contributed by atoms with Crippen LogP contribution in [-0.2, 0) is 23.9 Å². The van der Waals surface area contributed by atoms with E-state index in [1.54, 1.807) is 18.2 Å². The SMILES string of the molecule is CCc1cc(Nc2nccn3c(-c4cn(CCF)nc4C(F)(F)F)cnc23)ccc1C(=O)NCCOCCN. The third-order valence-corrected chi connectivity index (χ3v) is 5.84. The van der Waals surface area contributed by atoms with Crippen LogP contribution in [0.4, 0.5) is 29.1 Å². The van der Waals surface area contributed by atoms with Crippen molar-refractivity contribution in [1.82, 2.24) is 29.5 Å². The van der Waals surface area contributed by atoms with Crippen molar-refractivity contribution in [3.05, 3.63) is 59.8 Å². The molecule has 4 rings (SSSR count). The highest BCUT2D eigenvalue weighted by atomic mass is 19.4. The van der Waals surface area contributed by atoms with Gasteiger partial charge in [-0.25, -0.2) is 14.4 Å². The molecule has 0 radical (unpaired) electrons. The van der Waals surface area contributed by atoms with Gasteiger partial charge in [-0.05, 0) is 30.2 Å². The van der Waals surface area contributed by atoms with Gasteiger partial charge >= 0.3 is 6.18 Å². The van der Waals surface area contributed by atoms with Crippen molar-refractivity contribution < 1.29 is 27.1 Å². The molecule has 4 N–H and O–H groups in total. The summed E-state index contributed by atoms with van der Waals surface area (Å²) in [6.45, 7) is 2.29. The number of hydrogen-bond acceptors (Lipinski definition) is 7. The standard InChI is InChI=1S/C25H28F4N8O2/c1-2-16-13-17(3-4-18(16)24(38)32-8-12-39-11-6-30)34-22-23-33-14-20(37(23)10-7-31-22)19-15-36(9-5-26)35-21(19)25(27,28)29/h3-4,7,10,13-15H,2,5-6,8-9,11-12,30H2,1H3,(H,31,34)(H,32,38). The molecule has 208 valence electrons. The molecule has 0 aliphatic rings. The van der Waals surface area contributed by atoms with Crippen LogP contribution >= 0.6 is 0 Å². The summed E-state index contributed by atoms with van der Waals surface area (Å²) in [5.41, 5.74) is 6.34. The normalized spacial score (nSPS) is 11.7. The lowest BCUT2D eigenvalue weighted by molar-refractivity contribution is -0.141. The highest BCUT2D eigenvalue weighted by Crippen LogP contribution is 2.37. The van der Waals surface area contributed by atoms with Gasteiger partial charge in [0, 0.05) is 42.9 Å². The fourth-order valence-electron chi connectivity index (χ4n) is 4.07. The molecular formula is C25H28F4N8O2. The van der Waals surface area contributed by atoms with Gasteiger partial charge in [-0.3, -0.25) is 13.9 Å². The number of rotatable bonds is 12. The predicted octanol–water partition coefficient (Wildman–Crippen LogP) is 3.59. The Labute approximate surface area is 221 Å². The van der Waals surface area contributed by atoms with E-state index < -0.39 is 18.5 Å². The number of hydrogen-bond donors (Lipinski definition) is 3. The lowest BCUT2D eigenvalue weighted by atomic mass is 10.0. The first kappa shape index (κ1) is 28.0. The van der Waals surface area contributed by atoms with E-state index in [1.807, 2.05) is 6.92 Å². The number of halogens is 4. The fourth-order valence-corrected chi connectivity index (χ4v) is 4.07. The Hall–Kier alpha value is -4.04. The molecular weight excluding hydrogens is 520 g/mol. The number of benzene rings is 1. The summed E-state index contributed by atoms with van der Waals surface area (Å²) in [5.74, 6) is 0.0615. The molecule has 39 heavy (non-hydrogen) atoms. The van der Waals surface area contributed by atoms with Crippen LogP contribution in [0.25, 0.3) is 16.9 Å². The average molecular weight is 549 g/mol. The summed E-state index contributed by atoms with van der Waals surface area (Å²) in [5, 5.41) is 9.48. The van der Waals surface area contributed by atoms with Crippen LogP contribution in [0.5, 0.6) is 0 Å². The summed E-state index contributed by atoms with van der Waals surface area (Å²) in [6.07, 6.45) is 1.19. The smallest absolute Gasteiger partial charge is 0.378 e. The van der Waals surface area contributed by atoms with Crippen LogP contribution in [-0.4, -0.2) is 63.0 Å². The maximum Gasteiger partial charge on any atom is 0.435 e. The Morgan fingerprint density at radius 1 is 1.21 bits per heavy atom. The third-order valence-electron chi connectivity index (χ3n) is 5.84. The summed E-state index contributed by atoms with van der Waals surface area (Å²) >= 11 is 0. The number of carbonyl (C=O) groups excluding carboxylic acids is 1. The second-order valence-corrected chi connectivity index (χ2v) is 8.46. The third kappa shape index (κ3) is 6.34.